The predicted molar refractivity (Wildman–Crippen MR) is 186 cm³/mol. The molecule has 9 nitrogen and oxygen atoms in total. The first-order chi connectivity index (χ1) is 16.0. The van der Waals surface area contributed by atoms with Gasteiger partial charge < -0.3 is 26.6 Å². The van der Waals surface area contributed by atoms with Gasteiger partial charge in [0.05, 0.1) is 0 Å². The fourth-order valence-corrected chi connectivity index (χ4v) is 4.65. The van der Waals surface area contributed by atoms with Crippen molar-refractivity contribution in [3.05, 3.63) is 0 Å². The Bertz CT molecular complexity index is 558. The van der Waals surface area contributed by atoms with Gasteiger partial charge in [-0.05, 0) is 45.7 Å². The van der Waals surface area contributed by atoms with Gasteiger partial charge in [-0.2, -0.15) is 0 Å². The van der Waals surface area contributed by atoms with Crippen molar-refractivity contribution in [1.29, 1.82) is 0 Å². The molecule has 0 bridgehead atoms. The quantitative estimate of drug-likeness (QED) is 0.134. The summed E-state index contributed by atoms with van der Waals surface area (Å²) in [4.78, 5) is 32.2. The Balaban J connectivity index is -0.0000000533. The molecule has 0 saturated heterocycles. The average molecular weight is 653 g/mol. The van der Waals surface area contributed by atoms with Crippen molar-refractivity contribution < 1.29 is 40.9 Å². The SMILES string of the molecule is C.C.C.C.C.C.CCCCCCCCCC(=O)O[Si](C)(C)OC.CO[Si](C)(C)OC(C)=O.CO[Si](C)(C)OC(C)=O. The van der Waals surface area contributed by atoms with E-state index in [4.69, 9.17) is 26.6 Å². The minimum Gasteiger partial charge on any atom is -0.495 e. The number of hydrogen-bond donors (Lipinski definition) is 0. The first kappa shape index (κ1) is 63.3. The van der Waals surface area contributed by atoms with E-state index >= 15 is 0 Å². The zero-order valence-electron chi connectivity index (χ0n) is 24.3. The van der Waals surface area contributed by atoms with Crippen molar-refractivity contribution in [2.45, 2.75) is 156 Å². The second-order valence-corrected chi connectivity index (χ2v) is 19.6. The number of carbonyl (C=O) groups is 3. The summed E-state index contributed by atoms with van der Waals surface area (Å²) in [5, 5.41) is 0. The molecule has 0 N–H and O–H groups in total. The molecule has 0 unspecified atom stereocenters. The summed E-state index contributed by atoms with van der Waals surface area (Å²) in [6, 6.07) is 0. The van der Waals surface area contributed by atoms with E-state index in [1.807, 2.05) is 39.3 Å². The second kappa shape index (κ2) is 35.1. The molecular weight excluding hydrogens is 577 g/mol. The van der Waals surface area contributed by atoms with Gasteiger partial charge in [-0.25, -0.2) is 0 Å². The molecule has 0 aliphatic heterocycles. The lowest BCUT2D eigenvalue weighted by atomic mass is 10.1. The molecule has 0 amide bonds. The van der Waals surface area contributed by atoms with Crippen LogP contribution in [0.15, 0.2) is 0 Å². The zero-order chi connectivity index (χ0) is 28.1. The van der Waals surface area contributed by atoms with Gasteiger partial charge in [0, 0.05) is 41.6 Å². The van der Waals surface area contributed by atoms with E-state index in [1.165, 1.54) is 46.0 Å². The highest BCUT2D eigenvalue weighted by atomic mass is 28.4. The van der Waals surface area contributed by atoms with Crippen LogP contribution < -0.4 is 0 Å². The zero-order valence-corrected chi connectivity index (χ0v) is 27.3. The van der Waals surface area contributed by atoms with Crippen LogP contribution >= 0.6 is 0 Å². The Kier molecular flexibility index (Phi) is 54.2. The maximum absolute atomic E-state index is 11.5. The molecule has 0 saturated carbocycles. The van der Waals surface area contributed by atoms with E-state index in [0.717, 1.165) is 12.8 Å². The van der Waals surface area contributed by atoms with Crippen molar-refractivity contribution in [1.82, 2.24) is 0 Å². The summed E-state index contributed by atoms with van der Waals surface area (Å²) in [5.41, 5.74) is 0. The molecule has 0 aliphatic rings. The number of hydrogen-bond acceptors (Lipinski definition) is 9. The summed E-state index contributed by atoms with van der Waals surface area (Å²) in [5.74, 6) is -0.640. The summed E-state index contributed by atoms with van der Waals surface area (Å²) >= 11 is 0. The van der Waals surface area contributed by atoms with Crippen LogP contribution in [0.5, 0.6) is 0 Å². The molecule has 0 aromatic carbocycles. The molecule has 0 aliphatic carbocycles. The number of unbranched alkanes of at least 4 members (excludes halogenated alkanes) is 6. The van der Waals surface area contributed by atoms with Crippen molar-refractivity contribution in [2.24, 2.45) is 0 Å². The molecule has 0 fully saturated rings. The van der Waals surface area contributed by atoms with E-state index in [2.05, 4.69) is 6.92 Å². The minimum atomic E-state index is -2.18. The van der Waals surface area contributed by atoms with Crippen molar-refractivity contribution >= 4 is 43.6 Å². The molecule has 0 radical (unpaired) electrons. The normalized spacial score (nSPS) is 9.66. The van der Waals surface area contributed by atoms with Gasteiger partial charge in [-0.3, -0.25) is 14.4 Å². The van der Waals surface area contributed by atoms with Gasteiger partial charge in [0.2, 0.25) is 0 Å². The van der Waals surface area contributed by atoms with Crippen LogP contribution in [0.1, 0.15) is 117 Å². The van der Waals surface area contributed by atoms with Gasteiger partial charge in [0.25, 0.3) is 17.9 Å². The van der Waals surface area contributed by atoms with Crippen molar-refractivity contribution in [3.8, 4) is 0 Å². The number of rotatable bonds is 14. The average Bonchev–Trinajstić information content (AvgIpc) is 2.72. The molecule has 0 aromatic heterocycles. The van der Waals surface area contributed by atoms with Crippen LogP contribution in [0, 0.1) is 0 Å². The predicted octanol–water partition coefficient (Wildman–Crippen LogP) is 9.63. The Morgan fingerprint density at radius 3 is 1.00 bits per heavy atom. The van der Waals surface area contributed by atoms with E-state index in [1.54, 1.807) is 21.3 Å². The second-order valence-electron chi connectivity index (χ2n) is 9.34. The highest BCUT2D eigenvalue weighted by Gasteiger charge is 2.27. The fraction of sp³-hybridized carbons (Fsp3) is 0.897. The molecule has 0 rings (SSSR count). The van der Waals surface area contributed by atoms with Gasteiger partial charge >= 0.3 is 25.7 Å². The maximum Gasteiger partial charge on any atom is 0.394 e. The van der Waals surface area contributed by atoms with Gasteiger partial charge in [0.1, 0.15) is 0 Å². The lowest BCUT2D eigenvalue weighted by Crippen LogP contribution is -2.35. The van der Waals surface area contributed by atoms with E-state index in [-0.39, 0.29) is 62.5 Å². The number of carbonyl (C=O) groups excluding carboxylic acids is 3. The van der Waals surface area contributed by atoms with Gasteiger partial charge in [-0.15, -0.1) is 0 Å². The van der Waals surface area contributed by atoms with E-state index in [9.17, 15) is 14.4 Å². The Morgan fingerprint density at radius 1 is 0.488 bits per heavy atom. The van der Waals surface area contributed by atoms with Crippen LogP contribution in [0.2, 0.25) is 39.3 Å². The molecule has 0 atom stereocenters. The van der Waals surface area contributed by atoms with Crippen molar-refractivity contribution in [3.63, 3.8) is 0 Å². The van der Waals surface area contributed by atoms with Crippen LogP contribution in [0.3, 0.4) is 0 Å². The first-order valence-electron chi connectivity index (χ1n) is 12.2. The lowest BCUT2D eigenvalue weighted by Gasteiger charge is -2.19. The molecule has 0 aromatic rings. The molecule has 41 heavy (non-hydrogen) atoms. The third kappa shape index (κ3) is 52.1. The first-order valence-corrected chi connectivity index (χ1v) is 20.7. The molecular formula is C29H76O9Si3. The largest absolute Gasteiger partial charge is 0.495 e. The molecule has 0 spiro atoms. The van der Waals surface area contributed by atoms with Crippen LogP contribution in [0.4, 0.5) is 0 Å². The third-order valence-electron chi connectivity index (χ3n) is 4.60. The molecule has 0 heterocycles. The Labute approximate surface area is 261 Å². The van der Waals surface area contributed by atoms with E-state index in [0.29, 0.717) is 6.42 Å². The van der Waals surface area contributed by atoms with Crippen LogP contribution in [0.25, 0.3) is 0 Å². The van der Waals surface area contributed by atoms with Crippen molar-refractivity contribution in [2.75, 3.05) is 21.3 Å². The summed E-state index contributed by atoms with van der Waals surface area (Å²) in [7, 11) is -1.65. The maximum atomic E-state index is 11.5. The fourth-order valence-electron chi connectivity index (χ4n) is 2.37. The monoisotopic (exact) mass is 652 g/mol. The minimum absolute atomic E-state index is 0. The topological polar surface area (TPSA) is 107 Å². The van der Waals surface area contributed by atoms with Crippen LogP contribution in [-0.4, -0.2) is 64.9 Å². The molecule has 12 heteroatoms. The standard InChI is InChI=1S/C13H28O3Si.2C5H12O3Si.6CH4/c1-5-6-7-8-9-10-11-12-13(14)16-17(3,4)15-2;2*1-5(6)8-9(3,4)7-2;;;;;;/h5-12H2,1-4H3;2*1-4H3;6*1H4. The highest BCUT2D eigenvalue weighted by Crippen LogP contribution is 2.11. The summed E-state index contributed by atoms with van der Waals surface area (Å²) in [6.07, 6.45) is 9.07. The molecule has 258 valence electrons. The van der Waals surface area contributed by atoms with Gasteiger partial charge in [-0.1, -0.05) is 90.0 Å². The van der Waals surface area contributed by atoms with Crippen LogP contribution in [-0.2, 0) is 40.9 Å². The summed E-state index contributed by atoms with van der Waals surface area (Å²) < 4.78 is 30.1. The van der Waals surface area contributed by atoms with E-state index < -0.39 is 25.7 Å². The smallest absolute Gasteiger partial charge is 0.394 e. The lowest BCUT2D eigenvalue weighted by molar-refractivity contribution is -0.137. The Hall–Kier alpha value is -1.06. The Morgan fingerprint density at radius 2 is 0.756 bits per heavy atom. The van der Waals surface area contributed by atoms with Gasteiger partial charge in [0.15, 0.2) is 0 Å². The highest BCUT2D eigenvalue weighted by molar-refractivity contribution is 6.66. The summed E-state index contributed by atoms with van der Waals surface area (Å²) in [6.45, 7) is 16.0. The third-order valence-corrected chi connectivity index (χ3v) is 9.82.